The lowest BCUT2D eigenvalue weighted by atomic mass is 9.96. The van der Waals surface area contributed by atoms with Gasteiger partial charge in [0.25, 0.3) is 0 Å². The minimum atomic E-state index is -0.859. The molecule has 0 aromatic heterocycles. The summed E-state index contributed by atoms with van der Waals surface area (Å²) in [6, 6.07) is 18.6. The molecule has 2 aliphatic rings. The van der Waals surface area contributed by atoms with Crippen molar-refractivity contribution in [3.8, 4) is 33.8 Å². The number of carbonyl (C=O) groups is 4. The van der Waals surface area contributed by atoms with Gasteiger partial charge in [0.2, 0.25) is 11.8 Å². The van der Waals surface area contributed by atoms with Gasteiger partial charge in [0.05, 0.1) is 45.1 Å². The number of aliphatic carboxylic acids is 2. The van der Waals surface area contributed by atoms with Crippen molar-refractivity contribution >= 4 is 94.1 Å². The van der Waals surface area contributed by atoms with E-state index in [1.807, 2.05) is 74.5 Å². The first-order chi connectivity index (χ1) is 29.3. The number of ether oxygens (including phenoxy) is 2. The second-order valence-corrected chi connectivity index (χ2v) is 17.0. The molecule has 0 radical (unpaired) electrons. The molecule has 0 unspecified atom stereocenters. The molecule has 0 bridgehead atoms. The van der Waals surface area contributed by atoms with E-state index in [0.717, 1.165) is 0 Å². The molecule has 0 aliphatic carbocycles. The molecule has 2 amide bonds. The molecular weight excluding hydrogens is 882 g/mol. The van der Waals surface area contributed by atoms with Gasteiger partial charge in [-0.05, 0) is 87.1 Å². The van der Waals surface area contributed by atoms with E-state index in [9.17, 15) is 29.4 Å². The van der Waals surface area contributed by atoms with Gasteiger partial charge in [0.15, 0.2) is 0 Å². The van der Waals surface area contributed by atoms with Crippen molar-refractivity contribution in [1.29, 1.82) is 0 Å². The Morgan fingerprint density at radius 3 is 1.31 bits per heavy atom. The maximum absolute atomic E-state index is 13.4. The first-order valence-corrected chi connectivity index (χ1v) is 22.2. The van der Waals surface area contributed by atoms with Crippen LogP contribution in [0.5, 0.6) is 11.5 Å². The van der Waals surface area contributed by atoms with Crippen LogP contribution in [0.25, 0.3) is 34.4 Å². The molecule has 0 atom stereocenters. The van der Waals surface area contributed by atoms with Gasteiger partial charge in [0.1, 0.15) is 11.5 Å². The van der Waals surface area contributed by atoms with Crippen LogP contribution in [0.3, 0.4) is 0 Å². The number of likely N-dealkylation sites (tertiary alicyclic amines) is 2. The summed E-state index contributed by atoms with van der Waals surface area (Å²) >= 11 is 29.7. The number of piperidine rings is 2. The zero-order valence-electron chi connectivity index (χ0n) is 33.5. The number of carboxylic acid groups (broad SMARTS) is 2. The largest absolute Gasteiger partial charge is 0.493 e. The van der Waals surface area contributed by atoms with Crippen molar-refractivity contribution in [2.45, 2.75) is 49.3 Å². The van der Waals surface area contributed by atoms with Crippen LogP contribution in [0, 0.1) is 11.8 Å². The quantitative estimate of drug-likeness (QED) is 0.119. The SMILES string of the molecule is CCOc1ccccc1-c1cc(Sc2cc(-c3ccccc3OCC)c(/C=C/C(=O)N3CCC(C(=O)O)CC3)c(Cl)c2Cl)c(Cl)c(Cl)c1/C=C/C(=O)N1CCC(C(=O)O)CC1. The van der Waals surface area contributed by atoms with E-state index < -0.39 is 23.8 Å². The van der Waals surface area contributed by atoms with Crippen LogP contribution >= 0.6 is 58.2 Å². The molecule has 61 heavy (non-hydrogen) atoms. The van der Waals surface area contributed by atoms with E-state index in [4.69, 9.17) is 55.9 Å². The van der Waals surface area contributed by atoms with Gasteiger partial charge in [0, 0.05) is 70.4 Å². The number of nitrogens with zero attached hydrogens (tertiary/aromatic N) is 2. The molecule has 320 valence electrons. The zero-order valence-corrected chi connectivity index (χ0v) is 37.3. The van der Waals surface area contributed by atoms with E-state index in [0.29, 0.717) is 120 Å². The molecule has 0 spiro atoms. The Morgan fingerprint density at radius 2 is 0.967 bits per heavy atom. The van der Waals surface area contributed by atoms with Gasteiger partial charge in [-0.15, -0.1) is 0 Å². The summed E-state index contributed by atoms with van der Waals surface area (Å²) in [6.45, 7) is 5.84. The van der Waals surface area contributed by atoms with Crippen LogP contribution in [0.4, 0.5) is 0 Å². The maximum Gasteiger partial charge on any atom is 0.306 e. The number of carbonyl (C=O) groups excluding carboxylic acids is 2. The lowest BCUT2D eigenvalue weighted by molar-refractivity contribution is -0.145. The summed E-state index contributed by atoms with van der Waals surface area (Å²) in [4.78, 5) is 54.0. The molecule has 4 aromatic rings. The van der Waals surface area contributed by atoms with Crippen molar-refractivity contribution in [1.82, 2.24) is 9.80 Å². The average Bonchev–Trinajstić information content (AvgIpc) is 3.26. The number of carboxylic acids is 2. The molecule has 2 heterocycles. The summed E-state index contributed by atoms with van der Waals surface area (Å²) in [6.07, 6.45) is 7.57. The topological polar surface area (TPSA) is 134 Å². The highest BCUT2D eigenvalue weighted by Gasteiger charge is 2.28. The highest BCUT2D eigenvalue weighted by Crippen LogP contribution is 2.50. The van der Waals surface area contributed by atoms with Gasteiger partial charge in [-0.2, -0.15) is 0 Å². The molecule has 0 saturated carbocycles. The van der Waals surface area contributed by atoms with Gasteiger partial charge in [-0.25, -0.2) is 0 Å². The van der Waals surface area contributed by atoms with Crippen molar-refractivity contribution in [3.05, 3.63) is 104 Å². The number of hydrogen-bond acceptors (Lipinski definition) is 7. The molecule has 6 rings (SSSR count). The number of para-hydroxylation sites is 2. The Balaban J connectivity index is 1.42. The molecule has 4 aromatic carbocycles. The fraction of sp³-hybridized carbons (Fsp3) is 0.304. The highest BCUT2D eigenvalue weighted by molar-refractivity contribution is 7.99. The Morgan fingerprint density at radius 1 is 0.607 bits per heavy atom. The molecule has 2 saturated heterocycles. The monoisotopic (exact) mass is 924 g/mol. The Bertz CT molecular complexity index is 2210. The fourth-order valence-electron chi connectivity index (χ4n) is 7.43. The predicted octanol–water partition coefficient (Wildman–Crippen LogP) is 11.3. The highest BCUT2D eigenvalue weighted by atomic mass is 35.5. The second kappa shape index (κ2) is 20.9. The molecule has 10 nitrogen and oxygen atoms in total. The summed E-state index contributed by atoms with van der Waals surface area (Å²) in [7, 11) is 0. The number of benzene rings is 4. The number of amides is 2. The molecule has 2 N–H and O–H groups in total. The lowest BCUT2D eigenvalue weighted by Crippen LogP contribution is -2.39. The number of hydrogen-bond donors (Lipinski definition) is 2. The Hall–Kier alpha value is -4.65. The van der Waals surface area contributed by atoms with Crippen LogP contribution in [-0.4, -0.2) is 83.2 Å². The Labute approximate surface area is 379 Å². The standard InChI is InChI=1S/C46H44Cl4N2O8S/c1-3-59-35-11-7-5-9-29(35)33-25-37(43(49)41(47)31(33)13-15-39(53)51-21-17-27(18-22-51)45(55)56)61-38-26-34(30-10-6-8-12-36(30)60-4-2)32(42(48)44(38)50)14-16-40(54)52-23-19-28(20-24-52)46(57)58/h5-16,25-28H,3-4,17-24H2,1-2H3,(H,55,56)(H,57,58)/b15-13+,16-14+. The minimum absolute atomic E-state index is 0.177. The second-order valence-electron chi connectivity index (χ2n) is 14.4. The molecule has 15 heteroatoms. The minimum Gasteiger partial charge on any atom is -0.493 e. The third-order valence-corrected chi connectivity index (χ3v) is 13.8. The van der Waals surface area contributed by atoms with Crippen LogP contribution < -0.4 is 9.47 Å². The normalized spacial score (nSPS) is 15.1. The van der Waals surface area contributed by atoms with Crippen LogP contribution in [0.2, 0.25) is 20.1 Å². The van der Waals surface area contributed by atoms with Crippen molar-refractivity contribution in [2.24, 2.45) is 11.8 Å². The van der Waals surface area contributed by atoms with E-state index in [-0.39, 0.29) is 31.9 Å². The number of rotatable bonds is 14. The number of halogens is 4. The summed E-state index contributed by atoms with van der Waals surface area (Å²) in [5, 5.41) is 19.6. The van der Waals surface area contributed by atoms with Gasteiger partial charge >= 0.3 is 11.9 Å². The fourth-order valence-corrected chi connectivity index (χ4v) is 9.59. The van der Waals surface area contributed by atoms with E-state index in [2.05, 4.69) is 0 Å². The summed E-state index contributed by atoms with van der Waals surface area (Å²) in [5.41, 5.74) is 3.61. The van der Waals surface area contributed by atoms with Crippen LogP contribution in [0.15, 0.2) is 82.6 Å². The van der Waals surface area contributed by atoms with Crippen molar-refractivity contribution in [2.75, 3.05) is 39.4 Å². The Kier molecular flexibility index (Phi) is 15.7. The van der Waals surface area contributed by atoms with Gasteiger partial charge < -0.3 is 29.5 Å². The molecule has 2 fully saturated rings. The van der Waals surface area contributed by atoms with Crippen molar-refractivity contribution < 1.29 is 38.9 Å². The van der Waals surface area contributed by atoms with Gasteiger partial charge in [-0.3, -0.25) is 19.2 Å². The first kappa shape index (κ1) is 45.9. The molecule has 2 aliphatic heterocycles. The summed E-state index contributed by atoms with van der Waals surface area (Å²) in [5.74, 6) is -2.07. The lowest BCUT2D eigenvalue weighted by Gasteiger charge is -2.29. The predicted molar refractivity (Wildman–Crippen MR) is 242 cm³/mol. The van der Waals surface area contributed by atoms with E-state index >= 15 is 0 Å². The molecular formula is C46H44Cl4N2O8S. The van der Waals surface area contributed by atoms with Crippen LogP contribution in [-0.2, 0) is 19.2 Å². The van der Waals surface area contributed by atoms with Gasteiger partial charge in [-0.1, -0.05) is 94.6 Å². The van der Waals surface area contributed by atoms with Crippen molar-refractivity contribution in [3.63, 3.8) is 0 Å². The average molecular weight is 927 g/mol. The van der Waals surface area contributed by atoms with E-state index in [1.54, 1.807) is 22.0 Å². The third kappa shape index (κ3) is 10.7. The first-order valence-electron chi connectivity index (χ1n) is 19.9. The van der Waals surface area contributed by atoms with E-state index in [1.165, 1.54) is 23.9 Å². The summed E-state index contributed by atoms with van der Waals surface area (Å²) < 4.78 is 12.0. The zero-order chi connectivity index (χ0) is 43.8. The maximum atomic E-state index is 13.4. The smallest absolute Gasteiger partial charge is 0.306 e. The van der Waals surface area contributed by atoms with Crippen LogP contribution in [0.1, 0.15) is 50.7 Å². The third-order valence-electron chi connectivity index (χ3n) is 10.7.